The molecule has 7 aromatic carbocycles. The van der Waals surface area contributed by atoms with Crippen molar-refractivity contribution in [2.75, 3.05) is 0 Å². The number of benzene rings is 7. The molecule has 0 fully saturated rings. The Hall–Kier alpha value is -6.92. The van der Waals surface area contributed by atoms with E-state index >= 15 is 0 Å². The molecule has 0 aliphatic rings. The Morgan fingerprint density at radius 2 is 1.35 bits per heavy atom. The summed E-state index contributed by atoms with van der Waals surface area (Å²) in [6, 6.07) is 59.2. The van der Waals surface area contributed by atoms with Gasteiger partial charge in [0, 0.05) is 52.6 Å². The van der Waals surface area contributed by atoms with E-state index < -0.39 is 6.85 Å². The number of fused-ring (bicyclic) bond motifs is 6. The minimum atomic E-state index is -2.09. The van der Waals surface area contributed by atoms with Gasteiger partial charge in [-0.3, -0.25) is 9.97 Å². The van der Waals surface area contributed by atoms with Gasteiger partial charge in [0.25, 0.3) is 0 Å². The maximum absolute atomic E-state index is 7.23. The second-order valence-electron chi connectivity index (χ2n) is 16.0. The Bertz CT molecular complexity index is 3440. The van der Waals surface area contributed by atoms with E-state index in [0.717, 1.165) is 66.8 Å². The molecule has 1 radical (unpaired) electrons. The van der Waals surface area contributed by atoms with Crippen molar-refractivity contribution >= 4 is 44.1 Å². The minimum absolute atomic E-state index is 0. The largest absolute Gasteiger partial charge is 0.500 e. The van der Waals surface area contributed by atoms with E-state index in [0.29, 0.717) is 17.1 Å². The predicted molar refractivity (Wildman–Crippen MR) is 252 cm³/mol. The first-order valence-electron chi connectivity index (χ1n) is 22.4. The van der Waals surface area contributed by atoms with Gasteiger partial charge in [0.05, 0.1) is 28.0 Å². The number of nitrogens with zero attached hydrogens (tertiary/aromatic N) is 4. The quantitative estimate of drug-likeness (QED) is 0.149. The Labute approximate surface area is 384 Å². The third-order valence-corrected chi connectivity index (χ3v) is 11.2. The first-order valence-corrected chi connectivity index (χ1v) is 20.9. The topological polar surface area (TPSA) is 69.9 Å². The summed E-state index contributed by atoms with van der Waals surface area (Å²) in [6.45, 7) is 6.99. The molecule has 7 heteroatoms. The number of aromatic nitrogens is 4. The van der Waals surface area contributed by atoms with Crippen molar-refractivity contribution in [2.24, 2.45) is 0 Å². The first-order chi connectivity index (χ1) is 31.5. The van der Waals surface area contributed by atoms with Gasteiger partial charge in [-0.2, -0.15) is 0 Å². The minimum Gasteiger partial charge on any atom is -0.500 e. The molecule has 0 spiro atoms. The summed E-state index contributed by atoms with van der Waals surface area (Å²) >= 11 is 0. The molecule has 4 aromatic heterocycles. The van der Waals surface area contributed by atoms with Crippen LogP contribution in [0.4, 0.5) is 0 Å². The van der Waals surface area contributed by atoms with Crippen LogP contribution >= 0.6 is 0 Å². The van der Waals surface area contributed by atoms with Crippen molar-refractivity contribution in [3.05, 3.63) is 193 Å². The summed E-state index contributed by atoms with van der Waals surface area (Å²) in [5.41, 5.74) is 14.2. The summed E-state index contributed by atoms with van der Waals surface area (Å²) in [5.74, 6) is 1.78. The number of hydrogen-bond donors (Lipinski definition) is 0. The zero-order valence-electron chi connectivity index (χ0n) is 38.2. The van der Waals surface area contributed by atoms with Crippen LogP contribution < -0.4 is 0 Å². The molecule has 0 atom stereocenters. The average molecular weight is 1000 g/mol. The Morgan fingerprint density at radius 3 is 2.03 bits per heavy atom. The fraction of sp³-hybridized carbons (Fsp3) is 0.125. The average Bonchev–Trinajstić information content (AvgIpc) is 4.05. The molecule has 0 N–H and O–H groups in total. The smallest absolute Gasteiger partial charge is 0.215 e. The van der Waals surface area contributed by atoms with Crippen molar-refractivity contribution < 1.29 is 33.1 Å². The molecule has 11 aromatic rings. The Balaban J connectivity index is 0.000000273. The van der Waals surface area contributed by atoms with Crippen molar-refractivity contribution in [3.8, 4) is 50.9 Å². The third kappa shape index (κ3) is 7.80. The van der Waals surface area contributed by atoms with Crippen molar-refractivity contribution in [2.45, 2.75) is 46.4 Å². The van der Waals surface area contributed by atoms with E-state index in [1.54, 1.807) is 18.2 Å². The summed E-state index contributed by atoms with van der Waals surface area (Å²) in [7, 11) is 0. The molecule has 0 aliphatic carbocycles. The molecule has 4 heterocycles. The molecule has 0 bridgehead atoms. The van der Waals surface area contributed by atoms with Crippen LogP contribution in [0, 0.1) is 19.0 Å². The predicted octanol–water partition coefficient (Wildman–Crippen LogP) is 15.0. The van der Waals surface area contributed by atoms with Crippen molar-refractivity contribution in [1.29, 1.82) is 0 Å². The number of imidazole rings is 1. The van der Waals surface area contributed by atoms with Crippen LogP contribution in [-0.4, -0.2) is 19.5 Å². The molecule has 6 nitrogen and oxygen atoms in total. The van der Waals surface area contributed by atoms with E-state index in [-0.39, 0.29) is 37.5 Å². The molecule has 0 unspecified atom stereocenters. The van der Waals surface area contributed by atoms with Gasteiger partial charge in [-0.1, -0.05) is 130 Å². The third-order valence-electron chi connectivity index (χ3n) is 11.2. The van der Waals surface area contributed by atoms with Crippen LogP contribution in [0.15, 0.2) is 173 Å². The van der Waals surface area contributed by atoms with Gasteiger partial charge >= 0.3 is 0 Å². The Kier molecular flexibility index (Phi) is 10.5. The van der Waals surface area contributed by atoms with E-state index in [9.17, 15) is 0 Å². The van der Waals surface area contributed by atoms with Gasteiger partial charge in [0.1, 0.15) is 5.58 Å². The SMILES string of the molecule is CC(C)c1cc(-c2ccccc2)cc(C(C)C)c1-n1c(-c2[c-]c3oc(-c4ccccc4)nc3c3c2oc2ccccc23)nc2ccccc21.[2H]C([2H])([2H])c1ccc(-c2[c-]cccc2)nc1.[Ir]. The summed E-state index contributed by atoms with van der Waals surface area (Å²) < 4.78 is 37.2. The zero-order chi connectivity index (χ0) is 44.8. The van der Waals surface area contributed by atoms with Gasteiger partial charge in [-0.25, -0.2) is 0 Å². The number of pyridine rings is 1. The molecular weight excluding hydrogens is 953 g/mol. The van der Waals surface area contributed by atoms with Crippen molar-refractivity contribution in [3.63, 3.8) is 0 Å². The monoisotopic (exact) mass is 1000 g/mol. The molecule has 11 rings (SSSR count). The van der Waals surface area contributed by atoms with Crippen LogP contribution in [0.25, 0.3) is 95.0 Å². The molecule has 0 aliphatic heterocycles. The van der Waals surface area contributed by atoms with Crippen LogP contribution in [-0.2, 0) is 20.1 Å². The van der Waals surface area contributed by atoms with Gasteiger partial charge in [-0.15, -0.1) is 35.9 Å². The van der Waals surface area contributed by atoms with Gasteiger partial charge < -0.3 is 18.4 Å². The van der Waals surface area contributed by atoms with Gasteiger partial charge in [-0.05, 0) is 100 Å². The van der Waals surface area contributed by atoms with E-state index in [4.69, 9.17) is 22.9 Å². The number of para-hydroxylation sites is 3. The fourth-order valence-electron chi connectivity index (χ4n) is 8.20. The van der Waals surface area contributed by atoms with E-state index in [1.807, 2.05) is 72.8 Å². The number of furan rings is 1. The molecular formula is C56H44IrN4O2-2. The molecule has 63 heavy (non-hydrogen) atoms. The van der Waals surface area contributed by atoms with Crippen LogP contribution in [0.2, 0.25) is 0 Å². The normalized spacial score (nSPS) is 12.3. The summed E-state index contributed by atoms with van der Waals surface area (Å²) in [4.78, 5) is 14.5. The van der Waals surface area contributed by atoms with Crippen LogP contribution in [0.3, 0.4) is 0 Å². The number of hydrogen-bond acceptors (Lipinski definition) is 5. The standard InChI is InChI=1S/C44H34N3O2.C12H10N.Ir/c1-26(2)32-23-30(28-15-7-5-8-16-28)24-33(27(3)4)41(32)47-36-21-13-12-20-35(36)45-43(47)34-25-38-40(46-44(49-38)29-17-9-6-10-18-29)39-31-19-11-14-22-37(31)48-42(34)39;1-10-7-8-12(13-9-10)11-5-3-2-4-6-11;/h5-24,26-27H,1-4H3;2-5,7-9H,1H3;/q2*-1;/i;1D3;. The molecule has 311 valence electrons. The molecule has 0 saturated heterocycles. The summed E-state index contributed by atoms with van der Waals surface area (Å²) in [5, 5.41) is 1.88. The number of aryl methyl sites for hydroxylation is 1. The van der Waals surface area contributed by atoms with Crippen molar-refractivity contribution in [1.82, 2.24) is 19.5 Å². The van der Waals surface area contributed by atoms with E-state index in [2.05, 4.69) is 116 Å². The zero-order valence-corrected chi connectivity index (χ0v) is 37.6. The second kappa shape index (κ2) is 17.4. The number of rotatable bonds is 7. The molecule has 0 saturated carbocycles. The second-order valence-corrected chi connectivity index (χ2v) is 16.0. The van der Waals surface area contributed by atoms with Gasteiger partial charge in [0.2, 0.25) is 5.89 Å². The van der Waals surface area contributed by atoms with E-state index in [1.165, 1.54) is 28.5 Å². The number of oxazole rings is 1. The maximum Gasteiger partial charge on any atom is 0.215 e. The first kappa shape index (κ1) is 37.8. The molecule has 0 amide bonds. The summed E-state index contributed by atoms with van der Waals surface area (Å²) in [6.07, 6.45) is 1.39. The maximum atomic E-state index is 7.23. The van der Waals surface area contributed by atoms with Crippen LogP contribution in [0.1, 0.15) is 60.3 Å². The van der Waals surface area contributed by atoms with Gasteiger partial charge in [0.15, 0.2) is 0 Å². The fourth-order valence-corrected chi connectivity index (χ4v) is 8.20. The van der Waals surface area contributed by atoms with Crippen LogP contribution in [0.5, 0.6) is 0 Å². The Morgan fingerprint density at radius 1 is 0.667 bits per heavy atom.